The second-order valence-electron chi connectivity index (χ2n) is 7.01. The summed E-state index contributed by atoms with van der Waals surface area (Å²) in [5.41, 5.74) is 0.301. The quantitative estimate of drug-likeness (QED) is 0.690. The van der Waals surface area contributed by atoms with Gasteiger partial charge in [-0.15, -0.1) is 0 Å². The highest BCUT2D eigenvalue weighted by Crippen LogP contribution is 2.20. The van der Waals surface area contributed by atoms with E-state index in [2.05, 4.69) is 10.6 Å². The molecule has 2 N–H and O–H groups in total. The van der Waals surface area contributed by atoms with E-state index in [0.29, 0.717) is 5.69 Å². The molecule has 2 rings (SSSR count). The van der Waals surface area contributed by atoms with Gasteiger partial charge in [0.25, 0.3) is 0 Å². The molecule has 1 aliphatic rings. The molecule has 26 heavy (non-hydrogen) atoms. The minimum absolute atomic E-state index is 0.0319. The van der Waals surface area contributed by atoms with Crippen LogP contribution in [0.4, 0.5) is 10.1 Å². The molecule has 1 fully saturated rings. The lowest BCUT2D eigenvalue weighted by atomic mass is 9.98. The molecule has 2 amide bonds. The zero-order valence-electron chi connectivity index (χ0n) is 15.2. The number of anilines is 1. The van der Waals surface area contributed by atoms with Crippen molar-refractivity contribution in [3.63, 3.8) is 0 Å². The molecule has 0 bridgehead atoms. The van der Waals surface area contributed by atoms with Crippen LogP contribution in [-0.4, -0.2) is 17.9 Å². The van der Waals surface area contributed by atoms with Crippen molar-refractivity contribution in [1.82, 2.24) is 5.32 Å². The fourth-order valence-corrected chi connectivity index (χ4v) is 3.50. The smallest absolute Gasteiger partial charge is 0.313 e. The van der Waals surface area contributed by atoms with Crippen LogP contribution in [0.3, 0.4) is 0 Å². The van der Waals surface area contributed by atoms with Crippen LogP contribution in [0.5, 0.6) is 0 Å². The van der Waals surface area contributed by atoms with E-state index in [1.54, 1.807) is 0 Å². The van der Waals surface area contributed by atoms with Crippen molar-refractivity contribution in [2.75, 3.05) is 5.32 Å². The third-order valence-electron chi connectivity index (χ3n) is 4.82. The van der Waals surface area contributed by atoms with Gasteiger partial charge in [0.15, 0.2) is 0 Å². The monoisotopic (exact) mass is 382 g/mol. The van der Waals surface area contributed by atoms with Gasteiger partial charge in [-0.3, -0.25) is 9.59 Å². The first-order valence-corrected chi connectivity index (χ1v) is 10.0. The molecule has 0 aliphatic heterocycles. The van der Waals surface area contributed by atoms with Gasteiger partial charge >= 0.3 is 11.8 Å². The lowest BCUT2D eigenvalue weighted by Crippen LogP contribution is -2.41. The van der Waals surface area contributed by atoms with Crippen LogP contribution in [-0.2, 0) is 9.59 Å². The predicted octanol–water partition coefficient (Wildman–Crippen LogP) is 5.21. The number of carbonyl (C=O) groups excluding carboxylic acids is 2. The van der Waals surface area contributed by atoms with E-state index < -0.39 is 17.6 Å². The summed E-state index contributed by atoms with van der Waals surface area (Å²) >= 11 is 5.69. The number of nitrogens with one attached hydrogen (secondary N) is 2. The SMILES string of the molecule is O=C(Nc1ccc(F)c(Cl)c1)C(=O)NC1CCCCCCCCCCC1. The summed E-state index contributed by atoms with van der Waals surface area (Å²) in [4.78, 5) is 24.3. The number of amides is 2. The Morgan fingerprint density at radius 3 is 1.96 bits per heavy atom. The van der Waals surface area contributed by atoms with Crippen molar-refractivity contribution in [3.8, 4) is 0 Å². The van der Waals surface area contributed by atoms with Gasteiger partial charge < -0.3 is 10.6 Å². The summed E-state index contributed by atoms with van der Waals surface area (Å²) in [5.74, 6) is -1.97. The minimum atomic E-state index is -0.751. The van der Waals surface area contributed by atoms with E-state index in [1.807, 2.05) is 0 Å². The van der Waals surface area contributed by atoms with Crippen molar-refractivity contribution < 1.29 is 14.0 Å². The van der Waals surface area contributed by atoms with Gasteiger partial charge in [-0.1, -0.05) is 69.4 Å². The Hall–Kier alpha value is -1.62. The van der Waals surface area contributed by atoms with Crippen molar-refractivity contribution in [2.24, 2.45) is 0 Å². The summed E-state index contributed by atoms with van der Waals surface area (Å²) in [6.45, 7) is 0. The Morgan fingerprint density at radius 1 is 0.885 bits per heavy atom. The molecule has 0 saturated heterocycles. The molecular formula is C20H28ClFN2O2. The number of rotatable bonds is 2. The fourth-order valence-electron chi connectivity index (χ4n) is 3.32. The summed E-state index contributed by atoms with van der Waals surface area (Å²) in [5, 5.41) is 5.23. The first-order valence-electron chi connectivity index (χ1n) is 9.63. The molecule has 1 aromatic rings. The molecule has 1 aliphatic carbocycles. The Labute approximate surface area is 159 Å². The zero-order chi connectivity index (χ0) is 18.8. The Bertz CT molecular complexity index is 597. The molecular weight excluding hydrogens is 355 g/mol. The van der Waals surface area contributed by atoms with E-state index in [0.717, 1.165) is 31.7 Å². The predicted molar refractivity (Wildman–Crippen MR) is 103 cm³/mol. The van der Waals surface area contributed by atoms with Crippen molar-refractivity contribution in [3.05, 3.63) is 29.0 Å². The van der Waals surface area contributed by atoms with Crippen LogP contribution in [0.2, 0.25) is 5.02 Å². The van der Waals surface area contributed by atoms with Gasteiger partial charge in [0.2, 0.25) is 0 Å². The first kappa shape index (κ1) is 20.7. The van der Waals surface area contributed by atoms with Crippen molar-refractivity contribution in [2.45, 2.75) is 76.7 Å². The Kier molecular flexibility index (Phi) is 8.89. The van der Waals surface area contributed by atoms with E-state index in [9.17, 15) is 14.0 Å². The molecule has 0 aromatic heterocycles. The van der Waals surface area contributed by atoms with Crippen LogP contribution in [0.25, 0.3) is 0 Å². The maximum Gasteiger partial charge on any atom is 0.313 e. The standard InChI is InChI=1S/C20H28ClFN2O2/c21-17-14-16(12-13-18(17)22)24-20(26)19(25)23-15-10-8-6-4-2-1-3-5-7-9-11-15/h12-15H,1-11H2,(H,23,25)(H,24,26). The van der Waals surface area contributed by atoms with Gasteiger partial charge in [0.05, 0.1) is 5.02 Å². The van der Waals surface area contributed by atoms with E-state index in [4.69, 9.17) is 11.6 Å². The highest BCUT2D eigenvalue weighted by atomic mass is 35.5. The lowest BCUT2D eigenvalue weighted by Gasteiger charge is -2.19. The molecule has 0 radical (unpaired) electrons. The second kappa shape index (κ2) is 11.2. The maximum atomic E-state index is 13.2. The zero-order valence-corrected chi connectivity index (χ0v) is 15.9. The molecule has 0 heterocycles. The van der Waals surface area contributed by atoms with E-state index in [1.165, 1.54) is 57.1 Å². The van der Waals surface area contributed by atoms with Gasteiger partial charge in [-0.25, -0.2) is 4.39 Å². The van der Waals surface area contributed by atoms with Crippen LogP contribution in [0, 0.1) is 5.82 Å². The minimum Gasteiger partial charge on any atom is -0.345 e. The van der Waals surface area contributed by atoms with E-state index in [-0.39, 0.29) is 11.1 Å². The highest BCUT2D eigenvalue weighted by Gasteiger charge is 2.19. The molecule has 4 nitrogen and oxygen atoms in total. The molecule has 1 aromatic carbocycles. The Morgan fingerprint density at radius 2 is 1.42 bits per heavy atom. The molecule has 6 heteroatoms. The average molecular weight is 383 g/mol. The number of halogens is 2. The number of benzene rings is 1. The molecule has 0 atom stereocenters. The van der Waals surface area contributed by atoms with Crippen molar-refractivity contribution in [1.29, 1.82) is 0 Å². The molecule has 0 unspecified atom stereocenters. The summed E-state index contributed by atoms with van der Waals surface area (Å²) < 4.78 is 13.2. The molecule has 0 spiro atoms. The first-order chi connectivity index (χ1) is 12.6. The van der Waals surface area contributed by atoms with Crippen LogP contribution >= 0.6 is 11.6 Å². The third kappa shape index (κ3) is 7.32. The normalized spacial score (nSPS) is 17.6. The van der Waals surface area contributed by atoms with Crippen molar-refractivity contribution >= 4 is 29.1 Å². The lowest BCUT2D eigenvalue weighted by molar-refractivity contribution is -0.136. The fraction of sp³-hybridized carbons (Fsp3) is 0.600. The topological polar surface area (TPSA) is 58.2 Å². The Balaban J connectivity index is 1.85. The van der Waals surface area contributed by atoms with E-state index >= 15 is 0 Å². The molecule has 1 saturated carbocycles. The summed E-state index contributed by atoms with van der Waals surface area (Å²) in [6, 6.07) is 3.85. The highest BCUT2D eigenvalue weighted by molar-refractivity contribution is 6.40. The third-order valence-corrected chi connectivity index (χ3v) is 5.11. The number of carbonyl (C=O) groups is 2. The largest absolute Gasteiger partial charge is 0.345 e. The van der Waals surface area contributed by atoms with Gasteiger partial charge in [0.1, 0.15) is 5.82 Å². The van der Waals surface area contributed by atoms with Gasteiger partial charge in [-0.05, 0) is 31.0 Å². The van der Waals surface area contributed by atoms with Crippen LogP contribution < -0.4 is 10.6 Å². The average Bonchev–Trinajstić information content (AvgIpc) is 2.60. The maximum absolute atomic E-state index is 13.2. The number of hydrogen-bond donors (Lipinski definition) is 2. The second-order valence-corrected chi connectivity index (χ2v) is 7.42. The van der Waals surface area contributed by atoms with Crippen LogP contribution in [0.1, 0.15) is 70.6 Å². The molecule has 144 valence electrons. The van der Waals surface area contributed by atoms with Gasteiger partial charge in [-0.2, -0.15) is 0 Å². The number of hydrogen-bond acceptors (Lipinski definition) is 2. The van der Waals surface area contributed by atoms with Crippen LogP contribution in [0.15, 0.2) is 18.2 Å². The summed E-state index contributed by atoms with van der Waals surface area (Å²) in [6.07, 6.45) is 12.7. The van der Waals surface area contributed by atoms with Gasteiger partial charge in [0, 0.05) is 11.7 Å². The summed E-state index contributed by atoms with van der Waals surface area (Å²) in [7, 11) is 0.